The van der Waals surface area contributed by atoms with Crippen molar-refractivity contribution in [1.82, 2.24) is 20.4 Å². The first kappa shape index (κ1) is 14.5. The van der Waals surface area contributed by atoms with Gasteiger partial charge in [0.1, 0.15) is 6.54 Å². The van der Waals surface area contributed by atoms with E-state index in [-0.39, 0.29) is 18.4 Å². The van der Waals surface area contributed by atoms with E-state index < -0.39 is 0 Å². The van der Waals surface area contributed by atoms with Crippen LogP contribution in [0.3, 0.4) is 0 Å². The van der Waals surface area contributed by atoms with Gasteiger partial charge in [-0.3, -0.25) is 14.3 Å². The monoisotopic (exact) mass is 279 g/mol. The Kier molecular flexibility index (Phi) is 5.11. The lowest BCUT2D eigenvalue weighted by molar-refractivity contribution is -0.122. The lowest BCUT2D eigenvalue weighted by Crippen LogP contribution is -2.29. The topological polar surface area (TPSA) is 88.1 Å². The number of nitrogens with zero attached hydrogens (tertiary/aromatic N) is 2. The highest BCUT2D eigenvalue weighted by atomic mass is 16.2. The number of hydrogen-bond acceptors (Lipinski definition) is 4. The van der Waals surface area contributed by atoms with E-state index >= 15 is 0 Å². The number of carbonyl (C=O) groups excluding carboxylic acids is 2. The van der Waals surface area contributed by atoms with Gasteiger partial charge in [-0.1, -0.05) is 6.92 Å². The van der Waals surface area contributed by atoms with Gasteiger partial charge in [-0.25, -0.2) is 0 Å². The van der Waals surface area contributed by atoms with Gasteiger partial charge in [0.2, 0.25) is 11.8 Å². The molecule has 1 aliphatic rings. The predicted molar refractivity (Wildman–Crippen MR) is 75.2 cm³/mol. The lowest BCUT2D eigenvalue weighted by Gasteiger charge is -2.03. The molecule has 3 N–H and O–H groups in total. The van der Waals surface area contributed by atoms with Gasteiger partial charge in [-0.15, -0.1) is 0 Å². The number of anilines is 1. The molecule has 0 atom stereocenters. The first-order valence-corrected chi connectivity index (χ1v) is 6.99. The maximum atomic E-state index is 11.6. The van der Waals surface area contributed by atoms with Crippen molar-refractivity contribution in [2.45, 2.75) is 38.8 Å². The number of amides is 2. The highest BCUT2D eigenvalue weighted by molar-refractivity contribution is 5.90. The Morgan fingerprint density at radius 1 is 1.40 bits per heavy atom. The van der Waals surface area contributed by atoms with E-state index in [0.717, 1.165) is 19.4 Å². The molecular formula is C13H21N5O2. The second-order valence-corrected chi connectivity index (χ2v) is 4.92. The van der Waals surface area contributed by atoms with Crippen LogP contribution in [0.4, 0.5) is 5.69 Å². The summed E-state index contributed by atoms with van der Waals surface area (Å²) in [6.07, 6.45) is 5.77. The fraction of sp³-hybridized carbons (Fsp3) is 0.615. The number of nitrogens with one attached hydrogen (secondary N) is 3. The fourth-order valence-electron chi connectivity index (χ4n) is 1.76. The largest absolute Gasteiger partial charge is 0.352 e. The van der Waals surface area contributed by atoms with Crippen molar-refractivity contribution in [3.05, 3.63) is 12.4 Å². The summed E-state index contributed by atoms with van der Waals surface area (Å²) in [5.41, 5.74) is 0.616. The third kappa shape index (κ3) is 5.00. The molecular weight excluding hydrogens is 258 g/mol. The van der Waals surface area contributed by atoms with Crippen molar-refractivity contribution in [2.75, 3.05) is 18.4 Å². The summed E-state index contributed by atoms with van der Waals surface area (Å²) in [5, 5.41) is 12.8. The van der Waals surface area contributed by atoms with Crippen LogP contribution in [0.15, 0.2) is 12.4 Å². The summed E-state index contributed by atoms with van der Waals surface area (Å²) in [4.78, 5) is 23.2. The summed E-state index contributed by atoms with van der Waals surface area (Å²) in [6.45, 7) is 3.68. The van der Waals surface area contributed by atoms with Crippen LogP contribution in [0, 0.1) is 0 Å². The van der Waals surface area contributed by atoms with Crippen molar-refractivity contribution in [3.63, 3.8) is 0 Å². The predicted octanol–water partition coefficient (Wildman–Crippen LogP) is 0.0998. The molecule has 2 rings (SSSR count). The fourth-order valence-corrected chi connectivity index (χ4v) is 1.76. The zero-order valence-corrected chi connectivity index (χ0v) is 11.7. The highest BCUT2D eigenvalue weighted by Crippen LogP contribution is 2.18. The molecule has 0 aliphatic heterocycles. The van der Waals surface area contributed by atoms with Crippen molar-refractivity contribution in [2.24, 2.45) is 0 Å². The molecule has 0 aromatic carbocycles. The summed E-state index contributed by atoms with van der Waals surface area (Å²) in [7, 11) is 0. The van der Waals surface area contributed by atoms with Crippen molar-refractivity contribution >= 4 is 17.5 Å². The average Bonchev–Trinajstić information content (AvgIpc) is 3.10. The average molecular weight is 279 g/mol. The van der Waals surface area contributed by atoms with Gasteiger partial charge in [-0.05, 0) is 19.4 Å². The summed E-state index contributed by atoms with van der Waals surface area (Å²) in [5.74, 6) is -0.103. The van der Waals surface area contributed by atoms with Crippen LogP contribution in [0.25, 0.3) is 0 Å². The molecule has 7 nitrogen and oxygen atoms in total. The third-order valence-electron chi connectivity index (χ3n) is 2.94. The normalized spacial score (nSPS) is 14.1. The van der Waals surface area contributed by atoms with Crippen LogP contribution in [0.5, 0.6) is 0 Å². The molecule has 1 fully saturated rings. The number of aromatic nitrogens is 2. The van der Waals surface area contributed by atoms with E-state index in [4.69, 9.17) is 0 Å². The Hall–Kier alpha value is -1.89. The van der Waals surface area contributed by atoms with Crippen molar-refractivity contribution < 1.29 is 9.59 Å². The van der Waals surface area contributed by atoms with Crippen LogP contribution in [-0.2, 0) is 16.1 Å². The first-order valence-electron chi connectivity index (χ1n) is 6.99. The molecule has 1 saturated carbocycles. The summed E-state index contributed by atoms with van der Waals surface area (Å²) < 4.78 is 1.53. The van der Waals surface area contributed by atoms with Gasteiger partial charge in [0.25, 0.3) is 0 Å². The molecule has 7 heteroatoms. The Bertz CT molecular complexity index is 467. The quantitative estimate of drug-likeness (QED) is 0.589. The molecule has 0 spiro atoms. The lowest BCUT2D eigenvalue weighted by atomic mass is 10.4. The van der Waals surface area contributed by atoms with Crippen LogP contribution < -0.4 is 16.0 Å². The van der Waals surface area contributed by atoms with Crippen LogP contribution in [0.1, 0.15) is 26.2 Å². The number of hydrogen-bond donors (Lipinski definition) is 3. The maximum absolute atomic E-state index is 11.6. The van der Waals surface area contributed by atoms with Crippen molar-refractivity contribution in [3.8, 4) is 0 Å². The molecule has 1 aromatic rings. The zero-order chi connectivity index (χ0) is 14.4. The van der Waals surface area contributed by atoms with Crippen LogP contribution >= 0.6 is 0 Å². The van der Waals surface area contributed by atoms with Crippen LogP contribution in [0.2, 0.25) is 0 Å². The first-order chi connectivity index (χ1) is 9.67. The van der Waals surface area contributed by atoms with E-state index in [1.165, 1.54) is 4.68 Å². The Labute approximate surface area is 118 Å². The number of carbonyl (C=O) groups is 2. The maximum Gasteiger partial charge on any atom is 0.241 e. The second kappa shape index (κ2) is 7.04. The Morgan fingerprint density at radius 3 is 2.90 bits per heavy atom. The van der Waals surface area contributed by atoms with Gasteiger partial charge in [0.15, 0.2) is 0 Å². The molecule has 110 valence electrons. The van der Waals surface area contributed by atoms with E-state index in [0.29, 0.717) is 24.7 Å². The molecule has 1 aliphatic carbocycles. The van der Waals surface area contributed by atoms with Gasteiger partial charge >= 0.3 is 0 Å². The SMILES string of the molecule is CCNCCC(=O)Nc1cnn(CC(=O)NC2CC2)c1. The van der Waals surface area contributed by atoms with Gasteiger partial charge < -0.3 is 16.0 Å². The van der Waals surface area contributed by atoms with Crippen LogP contribution in [-0.4, -0.2) is 40.7 Å². The minimum atomic E-state index is -0.0621. The van der Waals surface area contributed by atoms with E-state index in [1.807, 2.05) is 6.92 Å². The molecule has 1 heterocycles. The molecule has 0 unspecified atom stereocenters. The van der Waals surface area contributed by atoms with Gasteiger partial charge in [-0.2, -0.15) is 5.10 Å². The smallest absolute Gasteiger partial charge is 0.241 e. The molecule has 0 radical (unpaired) electrons. The molecule has 2 amide bonds. The zero-order valence-electron chi connectivity index (χ0n) is 11.7. The molecule has 0 saturated heterocycles. The Balaban J connectivity index is 1.73. The van der Waals surface area contributed by atoms with E-state index in [9.17, 15) is 9.59 Å². The minimum absolute atomic E-state index is 0.0411. The minimum Gasteiger partial charge on any atom is -0.352 e. The van der Waals surface area contributed by atoms with Gasteiger partial charge in [0.05, 0.1) is 11.9 Å². The second-order valence-electron chi connectivity index (χ2n) is 4.92. The Morgan fingerprint density at radius 2 is 2.20 bits per heavy atom. The molecule has 20 heavy (non-hydrogen) atoms. The summed E-state index contributed by atoms with van der Waals surface area (Å²) >= 11 is 0. The third-order valence-corrected chi connectivity index (χ3v) is 2.94. The number of rotatable bonds is 8. The standard InChI is InChI=1S/C13H21N5O2/c1-2-14-6-5-12(19)17-11-7-15-18(8-11)9-13(20)16-10-3-4-10/h7-8,10,14H,2-6,9H2,1H3,(H,16,20)(H,17,19). The molecule has 1 aromatic heterocycles. The van der Waals surface area contributed by atoms with Gasteiger partial charge in [0, 0.05) is 25.2 Å². The van der Waals surface area contributed by atoms with E-state index in [1.54, 1.807) is 12.4 Å². The van der Waals surface area contributed by atoms with E-state index in [2.05, 4.69) is 21.0 Å². The molecule has 0 bridgehead atoms. The summed E-state index contributed by atoms with van der Waals surface area (Å²) in [6, 6.07) is 0.350. The highest BCUT2D eigenvalue weighted by Gasteiger charge is 2.23. The van der Waals surface area contributed by atoms with Crippen molar-refractivity contribution in [1.29, 1.82) is 0 Å².